The molecule has 0 atom stereocenters. The van der Waals surface area contributed by atoms with Gasteiger partial charge in [-0.25, -0.2) is 0 Å². The summed E-state index contributed by atoms with van der Waals surface area (Å²) in [6.45, 7) is 2.84. The van der Waals surface area contributed by atoms with Crippen LogP contribution >= 0.6 is 0 Å². The maximum atomic E-state index is 11.4. The summed E-state index contributed by atoms with van der Waals surface area (Å²) in [6, 6.07) is 8.83. The van der Waals surface area contributed by atoms with Crippen LogP contribution in [0.2, 0.25) is 0 Å². The Morgan fingerprint density at radius 1 is 1.35 bits per heavy atom. The molecular formula is C16H24N2O2. The monoisotopic (exact) mass is 276 g/mol. The van der Waals surface area contributed by atoms with Crippen LogP contribution in [0.3, 0.4) is 0 Å². The Labute approximate surface area is 121 Å². The van der Waals surface area contributed by atoms with Crippen molar-refractivity contribution >= 4 is 5.97 Å². The minimum Gasteiger partial charge on any atom is -0.469 e. The van der Waals surface area contributed by atoms with Crippen molar-refractivity contribution in [2.45, 2.75) is 31.8 Å². The molecule has 1 aliphatic carbocycles. The van der Waals surface area contributed by atoms with Crippen molar-refractivity contribution in [1.29, 1.82) is 0 Å². The van der Waals surface area contributed by atoms with Crippen LogP contribution in [0.4, 0.5) is 0 Å². The SMILES string of the molecule is COC(=O)Cc1ccccc1CNCCN(C)C1CC1. The molecule has 1 fully saturated rings. The van der Waals surface area contributed by atoms with E-state index in [-0.39, 0.29) is 5.97 Å². The van der Waals surface area contributed by atoms with Gasteiger partial charge in [0.1, 0.15) is 0 Å². The van der Waals surface area contributed by atoms with Crippen LogP contribution < -0.4 is 5.32 Å². The molecule has 0 unspecified atom stereocenters. The van der Waals surface area contributed by atoms with E-state index < -0.39 is 0 Å². The van der Waals surface area contributed by atoms with Crippen LogP contribution in [0.5, 0.6) is 0 Å². The second-order valence-electron chi connectivity index (χ2n) is 5.41. The number of methoxy groups -OCH3 is 1. The van der Waals surface area contributed by atoms with Gasteiger partial charge in [-0.3, -0.25) is 4.79 Å². The molecule has 0 heterocycles. The van der Waals surface area contributed by atoms with Gasteiger partial charge < -0.3 is 15.0 Å². The molecule has 0 aromatic heterocycles. The van der Waals surface area contributed by atoms with Crippen LogP contribution in [-0.2, 0) is 22.5 Å². The predicted molar refractivity (Wildman–Crippen MR) is 79.5 cm³/mol. The largest absolute Gasteiger partial charge is 0.469 e. The zero-order chi connectivity index (χ0) is 14.4. The van der Waals surface area contributed by atoms with Gasteiger partial charge in [-0.2, -0.15) is 0 Å². The Morgan fingerprint density at radius 3 is 2.70 bits per heavy atom. The number of hydrogen-bond acceptors (Lipinski definition) is 4. The molecule has 2 rings (SSSR count). The van der Waals surface area contributed by atoms with E-state index in [0.29, 0.717) is 6.42 Å². The van der Waals surface area contributed by atoms with E-state index >= 15 is 0 Å². The van der Waals surface area contributed by atoms with Crippen LogP contribution in [0.25, 0.3) is 0 Å². The summed E-state index contributed by atoms with van der Waals surface area (Å²) in [5.74, 6) is -0.189. The van der Waals surface area contributed by atoms with Gasteiger partial charge in [-0.15, -0.1) is 0 Å². The fourth-order valence-electron chi connectivity index (χ4n) is 2.31. The summed E-state index contributed by atoms with van der Waals surface area (Å²) in [5.41, 5.74) is 2.22. The molecule has 1 aromatic carbocycles. The fourth-order valence-corrected chi connectivity index (χ4v) is 2.31. The average Bonchev–Trinajstić information content (AvgIpc) is 3.29. The lowest BCUT2D eigenvalue weighted by Gasteiger charge is -2.16. The van der Waals surface area contributed by atoms with Gasteiger partial charge in [-0.1, -0.05) is 24.3 Å². The predicted octanol–water partition coefficient (Wildman–Crippen LogP) is 1.59. The Kier molecular flexibility index (Phi) is 5.56. The second-order valence-corrected chi connectivity index (χ2v) is 5.41. The zero-order valence-corrected chi connectivity index (χ0v) is 12.4. The number of ether oxygens (including phenoxy) is 1. The van der Waals surface area contributed by atoms with E-state index in [1.165, 1.54) is 25.5 Å². The van der Waals surface area contributed by atoms with E-state index in [4.69, 9.17) is 4.74 Å². The number of carbonyl (C=O) groups excluding carboxylic acids is 1. The Balaban J connectivity index is 1.77. The van der Waals surface area contributed by atoms with Crippen LogP contribution in [0.15, 0.2) is 24.3 Å². The summed E-state index contributed by atoms with van der Waals surface area (Å²) in [7, 11) is 3.61. The molecule has 0 saturated heterocycles. The van der Waals surface area contributed by atoms with Crippen LogP contribution in [0, 0.1) is 0 Å². The third kappa shape index (κ3) is 4.62. The van der Waals surface area contributed by atoms with Crippen molar-refractivity contribution < 1.29 is 9.53 Å². The minimum atomic E-state index is -0.189. The first-order valence-electron chi connectivity index (χ1n) is 7.25. The van der Waals surface area contributed by atoms with Gasteiger partial charge in [0, 0.05) is 25.7 Å². The summed E-state index contributed by atoms with van der Waals surface area (Å²) < 4.78 is 4.73. The lowest BCUT2D eigenvalue weighted by molar-refractivity contribution is -0.139. The molecule has 0 amide bonds. The van der Waals surface area contributed by atoms with Crippen molar-refractivity contribution in [2.24, 2.45) is 0 Å². The number of hydrogen-bond donors (Lipinski definition) is 1. The molecule has 4 nitrogen and oxygen atoms in total. The third-order valence-corrected chi connectivity index (χ3v) is 3.81. The average molecular weight is 276 g/mol. The molecular weight excluding hydrogens is 252 g/mol. The van der Waals surface area contributed by atoms with Gasteiger partial charge >= 0.3 is 5.97 Å². The standard InChI is InChI=1S/C16H24N2O2/c1-18(15-7-8-15)10-9-17-12-14-6-4-3-5-13(14)11-16(19)20-2/h3-6,15,17H,7-12H2,1-2H3. The van der Waals surface area contributed by atoms with Crippen molar-refractivity contribution in [1.82, 2.24) is 10.2 Å². The number of nitrogens with one attached hydrogen (secondary N) is 1. The maximum absolute atomic E-state index is 11.4. The minimum absolute atomic E-state index is 0.189. The van der Waals surface area contributed by atoms with Crippen molar-refractivity contribution in [3.8, 4) is 0 Å². The Bertz CT molecular complexity index is 444. The van der Waals surface area contributed by atoms with Crippen LogP contribution in [0.1, 0.15) is 24.0 Å². The number of carbonyl (C=O) groups is 1. The first-order valence-corrected chi connectivity index (χ1v) is 7.25. The molecule has 1 saturated carbocycles. The van der Waals surface area contributed by atoms with E-state index in [1.807, 2.05) is 18.2 Å². The Hall–Kier alpha value is -1.39. The molecule has 20 heavy (non-hydrogen) atoms. The highest BCUT2D eigenvalue weighted by atomic mass is 16.5. The topological polar surface area (TPSA) is 41.6 Å². The maximum Gasteiger partial charge on any atom is 0.309 e. The van der Waals surface area contributed by atoms with Crippen molar-refractivity contribution in [2.75, 3.05) is 27.2 Å². The highest BCUT2D eigenvalue weighted by Crippen LogP contribution is 2.24. The van der Waals surface area contributed by atoms with Crippen molar-refractivity contribution in [3.63, 3.8) is 0 Å². The summed E-state index contributed by atoms with van der Waals surface area (Å²) in [5, 5.41) is 3.45. The van der Waals surface area contributed by atoms with Gasteiger partial charge in [0.15, 0.2) is 0 Å². The second kappa shape index (κ2) is 7.41. The van der Waals surface area contributed by atoms with Gasteiger partial charge in [-0.05, 0) is 31.0 Å². The Morgan fingerprint density at radius 2 is 2.05 bits per heavy atom. The van der Waals surface area contributed by atoms with Gasteiger partial charge in [0.25, 0.3) is 0 Å². The number of nitrogens with zero attached hydrogens (tertiary/aromatic N) is 1. The van der Waals surface area contributed by atoms with E-state index in [0.717, 1.165) is 31.2 Å². The van der Waals surface area contributed by atoms with Crippen molar-refractivity contribution in [3.05, 3.63) is 35.4 Å². The number of esters is 1. The van der Waals surface area contributed by atoms with Gasteiger partial charge in [0.05, 0.1) is 13.5 Å². The van der Waals surface area contributed by atoms with Crippen LogP contribution in [-0.4, -0.2) is 44.2 Å². The first-order chi connectivity index (χ1) is 9.70. The molecule has 0 radical (unpaired) electrons. The molecule has 1 aliphatic rings. The summed E-state index contributed by atoms with van der Waals surface area (Å²) in [4.78, 5) is 13.8. The highest BCUT2D eigenvalue weighted by Gasteiger charge is 2.25. The smallest absolute Gasteiger partial charge is 0.309 e. The number of rotatable bonds is 8. The number of benzene rings is 1. The van der Waals surface area contributed by atoms with E-state index in [9.17, 15) is 4.79 Å². The molecule has 1 aromatic rings. The summed E-state index contributed by atoms with van der Waals surface area (Å²) >= 11 is 0. The zero-order valence-electron chi connectivity index (χ0n) is 12.4. The number of likely N-dealkylation sites (N-methyl/N-ethyl adjacent to an activating group) is 1. The summed E-state index contributed by atoms with van der Waals surface area (Å²) in [6.07, 6.45) is 3.03. The third-order valence-electron chi connectivity index (χ3n) is 3.81. The molecule has 1 N–H and O–H groups in total. The van der Waals surface area contributed by atoms with E-state index in [2.05, 4.69) is 23.3 Å². The van der Waals surface area contributed by atoms with E-state index in [1.54, 1.807) is 0 Å². The molecule has 0 bridgehead atoms. The lowest BCUT2D eigenvalue weighted by atomic mass is 10.0. The molecule has 0 spiro atoms. The molecule has 110 valence electrons. The van der Waals surface area contributed by atoms with Gasteiger partial charge in [0.2, 0.25) is 0 Å². The normalized spacial score (nSPS) is 14.6. The lowest BCUT2D eigenvalue weighted by Crippen LogP contribution is -2.30. The first kappa shape index (κ1) is 15.0. The fraction of sp³-hybridized carbons (Fsp3) is 0.562. The quantitative estimate of drug-likeness (QED) is 0.578. The highest BCUT2D eigenvalue weighted by molar-refractivity contribution is 5.72. The molecule has 4 heteroatoms. The molecule has 0 aliphatic heterocycles.